The molecule has 0 fully saturated rings. The predicted molar refractivity (Wildman–Crippen MR) is 55.8 cm³/mol. The van der Waals surface area contributed by atoms with Crippen molar-refractivity contribution < 1.29 is 9.52 Å². The standard InChI is InChI=1S/C9H8N2O3S/c1-15-9-10-3-5-2-6(4-12)14-8(13)7(5)11-9/h2-3,12H,4H2,1H3. The molecule has 0 atom stereocenters. The molecule has 2 aromatic rings. The second kappa shape index (κ2) is 4.00. The SMILES string of the molecule is CSc1ncc2cc(CO)oc(=O)c2n1. The lowest BCUT2D eigenvalue weighted by atomic mass is 10.3. The molecular weight excluding hydrogens is 216 g/mol. The summed E-state index contributed by atoms with van der Waals surface area (Å²) in [6, 6.07) is 1.56. The number of nitrogens with zero attached hydrogens (tertiary/aromatic N) is 2. The molecule has 0 aromatic carbocycles. The molecular formula is C9H8N2O3S. The Morgan fingerprint density at radius 2 is 2.40 bits per heavy atom. The first kappa shape index (κ1) is 10.1. The molecule has 0 bridgehead atoms. The Hall–Kier alpha value is -1.40. The van der Waals surface area contributed by atoms with Gasteiger partial charge in [-0.2, -0.15) is 0 Å². The molecule has 0 aliphatic rings. The van der Waals surface area contributed by atoms with Gasteiger partial charge >= 0.3 is 5.63 Å². The van der Waals surface area contributed by atoms with E-state index in [9.17, 15) is 4.79 Å². The van der Waals surface area contributed by atoms with E-state index in [4.69, 9.17) is 9.52 Å². The average Bonchev–Trinajstić information content (AvgIpc) is 2.28. The second-order valence-corrected chi connectivity index (χ2v) is 3.59. The molecule has 2 rings (SSSR count). The van der Waals surface area contributed by atoms with Gasteiger partial charge in [0.2, 0.25) is 0 Å². The summed E-state index contributed by atoms with van der Waals surface area (Å²) in [7, 11) is 0. The maximum Gasteiger partial charge on any atom is 0.362 e. The molecule has 0 spiro atoms. The average molecular weight is 224 g/mol. The van der Waals surface area contributed by atoms with Gasteiger partial charge in [0, 0.05) is 11.6 Å². The van der Waals surface area contributed by atoms with Crippen LogP contribution in [-0.4, -0.2) is 21.3 Å². The van der Waals surface area contributed by atoms with E-state index in [1.54, 1.807) is 12.3 Å². The van der Waals surface area contributed by atoms with Gasteiger partial charge in [0.1, 0.15) is 12.4 Å². The molecule has 2 heterocycles. The lowest BCUT2D eigenvalue weighted by Crippen LogP contribution is -2.05. The Morgan fingerprint density at radius 3 is 3.07 bits per heavy atom. The minimum absolute atomic E-state index is 0.216. The number of hydrogen-bond donors (Lipinski definition) is 1. The molecule has 0 aliphatic carbocycles. The van der Waals surface area contributed by atoms with Gasteiger partial charge in [0.25, 0.3) is 0 Å². The van der Waals surface area contributed by atoms with Crippen molar-refractivity contribution in [2.24, 2.45) is 0 Å². The van der Waals surface area contributed by atoms with Crippen molar-refractivity contribution in [3.05, 3.63) is 28.4 Å². The molecule has 0 saturated carbocycles. The van der Waals surface area contributed by atoms with E-state index in [2.05, 4.69) is 9.97 Å². The number of hydrogen-bond acceptors (Lipinski definition) is 6. The third kappa shape index (κ3) is 1.86. The van der Waals surface area contributed by atoms with Crippen LogP contribution in [0.2, 0.25) is 0 Å². The highest BCUT2D eigenvalue weighted by Gasteiger charge is 2.06. The number of fused-ring (bicyclic) bond motifs is 1. The van der Waals surface area contributed by atoms with Crippen LogP contribution in [-0.2, 0) is 6.61 Å². The Morgan fingerprint density at radius 1 is 1.60 bits per heavy atom. The van der Waals surface area contributed by atoms with Crippen LogP contribution in [0.5, 0.6) is 0 Å². The van der Waals surface area contributed by atoms with Crippen molar-refractivity contribution in [3.63, 3.8) is 0 Å². The summed E-state index contributed by atoms with van der Waals surface area (Å²) < 4.78 is 4.83. The molecule has 0 amide bonds. The Labute approximate surface area is 89.2 Å². The number of thioether (sulfide) groups is 1. The lowest BCUT2D eigenvalue weighted by Gasteiger charge is -1.99. The minimum atomic E-state index is -0.547. The van der Waals surface area contributed by atoms with E-state index in [1.165, 1.54) is 11.8 Å². The van der Waals surface area contributed by atoms with Crippen LogP contribution in [0, 0.1) is 0 Å². The number of aliphatic hydroxyl groups is 1. The van der Waals surface area contributed by atoms with Gasteiger partial charge in [-0.1, -0.05) is 11.8 Å². The first-order valence-corrected chi connectivity index (χ1v) is 5.41. The Bertz CT molecular complexity index is 553. The van der Waals surface area contributed by atoms with E-state index in [1.807, 2.05) is 6.26 Å². The predicted octanol–water partition coefficient (Wildman–Crippen LogP) is 0.797. The highest BCUT2D eigenvalue weighted by Crippen LogP contribution is 2.13. The van der Waals surface area contributed by atoms with Gasteiger partial charge in [0.15, 0.2) is 10.7 Å². The van der Waals surface area contributed by atoms with Gasteiger partial charge in [-0.05, 0) is 12.3 Å². The fourth-order valence-electron chi connectivity index (χ4n) is 1.19. The molecule has 2 aromatic heterocycles. The zero-order valence-corrected chi connectivity index (χ0v) is 8.74. The summed E-state index contributed by atoms with van der Waals surface area (Å²) in [5.41, 5.74) is -0.305. The van der Waals surface area contributed by atoms with Crippen molar-refractivity contribution in [2.75, 3.05) is 6.26 Å². The van der Waals surface area contributed by atoms with Crippen LogP contribution in [0.25, 0.3) is 10.9 Å². The van der Waals surface area contributed by atoms with E-state index in [0.29, 0.717) is 10.5 Å². The molecule has 0 radical (unpaired) electrons. The number of aromatic nitrogens is 2. The fourth-order valence-corrected chi connectivity index (χ4v) is 1.53. The summed E-state index contributed by atoms with van der Waals surface area (Å²) in [5.74, 6) is 0.216. The summed E-state index contributed by atoms with van der Waals surface area (Å²) in [6.45, 7) is -0.310. The zero-order valence-electron chi connectivity index (χ0n) is 7.93. The van der Waals surface area contributed by atoms with Gasteiger partial charge in [0.05, 0.1) is 0 Å². The highest BCUT2D eigenvalue weighted by molar-refractivity contribution is 7.98. The van der Waals surface area contributed by atoms with E-state index in [0.717, 1.165) is 0 Å². The molecule has 1 N–H and O–H groups in total. The maximum atomic E-state index is 11.4. The normalized spacial score (nSPS) is 10.8. The van der Waals surface area contributed by atoms with Gasteiger partial charge < -0.3 is 9.52 Å². The molecule has 0 saturated heterocycles. The Balaban J connectivity index is 2.74. The summed E-state index contributed by atoms with van der Waals surface area (Å²) >= 11 is 1.35. The topological polar surface area (TPSA) is 76.2 Å². The summed E-state index contributed by atoms with van der Waals surface area (Å²) in [4.78, 5) is 19.5. The molecule has 15 heavy (non-hydrogen) atoms. The van der Waals surface area contributed by atoms with Crippen LogP contribution in [0.1, 0.15) is 5.76 Å². The summed E-state index contributed by atoms with van der Waals surface area (Å²) in [5, 5.41) is 9.94. The van der Waals surface area contributed by atoms with Crippen molar-refractivity contribution in [1.82, 2.24) is 9.97 Å². The van der Waals surface area contributed by atoms with Crippen LogP contribution in [0.3, 0.4) is 0 Å². The largest absolute Gasteiger partial charge is 0.424 e. The van der Waals surface area contributed by atoms with E-state index >= 15 is 0 Å². The van der Waals surface area contributed by atoms with Crippen LogP contribution in [0.4, 0.5) is 0 Å². The number of aliphatic hydroxyl groups excluding tert-OH is 1. The van der Waals surface area contributed by atoms with Crippen LogP contribution < -0.4 is 5.63 Å². The van der Waals surface area contributed by atoms with E-state index in [-0.39, 0.29) is 17.9 Å². The maximum absolute atomic E-state index is 11.4. The molecule has 0 unspecified atom stereocenters. The molecule has 5 nitrogen and oxygen atoms in total. The number of rotatable bonds is 2. The molecule has 78 valence electrons. The van der Waals surface area contributed by atoms with E-state index < -0.39 is 5.63 Å². The van der Waals surface area contributed by atoms with Crippen molar-refractivity contribution >= 4 is 22.7 Å². The van der Waals surface area contributed by atoms with Crippen molar-refractivity contribution in [3.8, 4) is 0 Å². The van der Waals surface area contributed by atoms with Crippen molar-refractivity contribution in [2.45, 2.75) is 11.8 Å². The van der Waals surface area contributed by atoms with Crippen LogP contribution in [0.15, 0.2) is 26.6 Å². The van der Waals surface area contributed by atoms with Gasteiger partial charge in [-0.15, -0.1) is 0 Å². The third-order valence-electron chi connectivity index (χ3n) is 1.87. The fraction of sp³-hybridized carbons (Fsp3) is 0.222. The third-order valence-corrected chi connectivity index (χ3v) is 2.43. The Kier molecular flexibility index (Phi) is 2.70. The second-order valence-electron chi connectivity index (χ2n) is 2.82. The first-order valence-electron chi connectivity index (χ1n) is 4.19. The highest BCUT2D eigenvalue weighted by atomic mass is 32.2. The molecule has 0 aliphatic heterocycles. The van der Waals surface area contributed by atoms with Crippen LogP contribution >= 0.6 is 11.8 Å². The lowest BCUT2D eigenvalue weighted by molar-refractivity contribution is 0.241. The van der Waals surface area contributed by atoms with Gasteiger partial charge in [-0.25, -0.2) is 14.8 Å². The summed E-state index contributed by atoms with van der Waals surface area (Å²) in [6.07, 6.45) is 3.37. The minimum Gasteiger partial charge on any atom is -0.424 e. The smallest absolute Gasteiger partial charge is 0.362 e. The first-order chi connectivity index (χ1) is 7.24. The quantitative estimate of drug-likeness (QED) is 0.600. The van der Waals surface area contributed by atoms with Gasteiger partial charge in [-0.3, -0.25) is 0 Å². The van der Waals surface area contributed by atoms with Crippen molar-refractivity contribution in [1.29, 1.82) is 0 Å². The zero-order chi connectivity index (χ0) is 10.8. The molecule has 6 heteroatoms. The monoisotopic (exact) mass is 224 g/mol.